The van der Waals surface area contributed by atoms with E-state index >= 15 is 0 Å². The number of piperazine rings is 1. The summed E-state index contributed by atoms with van der Waals surface area (Å²) in [7, 11) is 0. The van der Waals surface area contributed by atoms with Gasteiger partial charge in [-0.05, 0) is 25.1 Å². The number of hydrogen-bond acceptors (Lipinski definition) is 4. The highest BCUT2D eigenvalue weighted by Crippen LogP contribution is 2.28. The number of anilines is 1. The SMILES string of the molecule is C[C@H](N)c1cc2ccc(F)cc2nc1N1CCNC(=O)C1. The molecule has 1 aliphatic rings. The van der Waals surface area contributed by atoms with Gasteiger partial charge in [-0.15, -0.1) is 0 Å². The summed E-state index contributed by atoms with van der Waals surface area (Å²) in [5.74, 6) is 0.293. The number of nitrogens with zero attached hydrogens (tertiary/aromatic N) is 2. The van der Waals surface area contributed by atoms with Crippen LogP contribution in [0.4, 0.5) is 10.2 Å². The smallest absolute Gasteiger partial charge is 0.239 e. The molecule has 0 aliphatic carbocycles. The van der Waals surface area contributed by atoms with Crippen LogP contribution in [0.2, 0.25) is 0 Å². The fraction of sp³-hybridized carbons (Fsp3) is 0.333. The highest BCUT2D eigenvalue weighted by atomic mass is 19.1. The largest absolute Gasteiger partial charge is 0.353 e. The number of halogens is 1. The minimum Gasteiger partial charge on any atom is -0.353 e. The molecule has 5 nitrogen and oxygen atoms in total. The predicted octanol–water partition coefficient (Wildman–Crippen LogP) is 1.33. The molecule has 2 aromatic rings. The molecular formula is C15H17FN4O. The van der Waals surface area contributed by atoms with Crippen molar-refractivity contribution in [3.05, 3.63) is 35.6 Å². The van der Waals surface area contributed by atoms with Gasteiger partial charge in [0.15, 0.2) is 0 Å². The van der Waals surface area contributed by atoms with Crippen LogP contribution in [0.25, 0.3) is 10.9 Å². The van der Waals surface area contributed by atoms with Gasteiger partial charge < -0.3 is 16.0 Å². The van der Waals surface area contributed by atoms with Gasteiger partial charge in [-0.25, -0.2) is 9.37 Å². The molecule has 0 saturated carbocycles. The van der Waals surface area contributed by atoms with E-state index < -0.39 is 0 Å². The molecule has 1 aliphatic heterocycles. The molecule has 0 bridgehead atoms. The van der Waals surface area contributed by atoms with E-state index in [-0.39, 0.29) is 24.3 Å². The highest BCUT2D eigenvalue weighted by Gasteiger charge is 2.22. The van der Waals surface area contributed by atoms with Crippen LogP contribution >= 0.6 is 0 Å². The molecule has 0 radical (unpaired) electrons. The van der Waals surface area contributed by atoms with Crippen LogP contribution < -0.4 is 16.0 Å². The molecule has 2 heterocycles. The van der Waals surface area contributed by atoms with Crippen LogP contribution in [-0.2, 0) is 4.79 Å². The van der Waals surface area contributed by atoms with Crippen molar-refractivity contribution in [1.82, 2.24) is 10.3 Å². The third kappa shape index (κ3) is 2.67. The average Bonchev–Trinajstić information content (AvgIpc) is 2.45. The summed E-state index contributed by atoms with van der Waals surface area (Å²) in [5, 5.41) is 3.62. The Labute approximate surface area is 121 Å². The Morgan fingerprint density at radius 2 is 2.24 bits per heavy atom. The van der Waals surface area contributed by atoms with Gasteiger partial charge in [-0.3, -0.25) is 4.79 Å². The molecule has 1 aromatic carbocycles. The summed E-state index contributed by atoms with van der Waals surface area (Å²) < 4.78 is 13.4. The van der Waals surface area contributed by atoms with E-state index in [9.17, 15) is 9.18 Å². The van der Waals surface area contributed by atoms with Crippen LogP contribution in [-0.4, -0.2) is 30.5 Å². The first-order valence-corrected chi connectivity index (χ1v) is 6.92. The zero-order chi connectivity index (χ0) is 15.0. The topological polar surface area (TPSA) is 71.2 Å². The minimum absolute atomic E-state index is 0.0435. The van der Waals surface area contributed by atoms with Crippen molar-refractivity contribution in [2.75, 3.05) is 24.5 Å². The number of hydrogen-bond donors (Lipinski definition) is 2. The summed E-state index contributed by atoms with van der Waals surface area (Å²) in [6, 6.07) is 6.20. The predicted molar refractivity (Wildman–Crippen MR) is 79.5 cm³/mol. The number of nitrogens with one attached hydrogen (secondary N) is 1. The number of fused-ring (bicyclic) bond motifs is 1. The maximum Gasteiger partial charge on any atom is 0.239 e. The molecule has 1 amide bonds. The van der Waals surface area contributed by atoms with Crippen LogP contribution in [0.15, 0.2) is 24.3 Å². The molecule has 3 rings (SSSR count). The van der Waals surface area contributed by atoms with E-state index in [1.54, 1.807) is 6.07 Å². The van der Waals surface area contributed by atoms with Crippen LogP contribution in [0.1, 0.15) is 18.5 Å². The number of aromatic nitrogens is 1. The van der Waals surface area contributed by atoms with E-state index in [0.29, 0.717) is 24.4 Å². The van der Waals surface area contributed by atoms with Crippen molar-refractivity contribution in [2.45, 2.75) is 13.0 Å². The van der Waals surface area contributed by atoms with Gasteiger partial charge in [0, 0.05) is 36.1 Å². The lowest BCUT2D eigenvalue weighted by molar-refractivity contribution is -0.120. The molecule has 6 heteroatoms. The van der Waals surface area contributed by atoms with Crippen molar-refractivity contribution in [1.29, 1.82) is 0 Å². The second-order valence-corrected chi connectivity index (χ2v) is 5.30. The number of carbonyl (C=O) groups excluding carboxylic acids is 1. The molecule has 21 heavy (non-hydrogen) atoms. The van der Waals surface area contributed by atoms with E-state index in [0.717, 1.165) is 10.9 Å². The second kappa shape index (κ2) is 5.29. The first kappa shape index (κ1) is 13.8. The summed E-state index contributed by atoms with van der Waals surface area (Å²) in [5.41, 5.74) is 7.47. The summed E-state index contributed by atoms with van der Waals surface area (Å²) in [4.78, 5) is 18.0. The number of carbonyl (C=O) groups is 1. The molecule has 0 unspecified atom stereocenters. The van der Waals surface area contributed by atoms with Crippen LogP contribution in [0.3, 0.4) is 0 Å². The van der Waals surface area contributed by atoms with Crippen molar-refractivity contribution < 1.29 is 9.18 Å². The van der Waals surface area contributed by atoms with Gasteiger partial charge in [0.1, 0.15) is 11.6 Å². The van der Waals surface area contributed by atoms with Gasteiger partial charge in [0.25, 0.3) is 0 Å². The van der Waals surface area contributed by atoms with Gasteiger partial charge in [-0.2, -0.15) is 0 Å². The van der Waals surface area contributed by atoms with Gasteiger partial charge >= 0.3 is 0 Å². The molecule has 1 saturated heterocycles. The first-order valence-electron chi connectivity index (χ1n) is 6.92. The molecular weight excluding hydrogens is 271 g/mol. The first-order chi connectivity index (χ1) is 10.0. The van der Waals surface area contributed by atoms with Crippen LogP contribution in [0.5, 0.6) is 0 Å². The maximum atomic E-state index is 13.4. The van der Waals surface area contributed by atoms with Crippen molar-refractivity contribution in [2.24, 2.45) is 5.73 Å². The Kier molecular flexibility index (Phi) is 3.47. The Morgan fingerprint density at radius 3 is 2.95 bits per heavy atom. The van der Waals surface area contributed by atoms with Crippen molar-refractivity contribution in [3.8, 4) is 0 Å². The van der Waals surface area contributed by atoms with E-state index in [1.807, 2.05) is 17.9 Å². The molecule has 0 spiro atoms. The lowest BCUT2D eigenvalue weighted by Crippen LogP contribution is -2.48. The second-order valence-electron chi connectivity index (χ2n) is 5.30. The van der Waals surface area contributed by atoms with E-state index in [1.165, 1.54) is 12.1 Å². The van der Waals surface area contributed by atoms with E-state index in [4.69, 9.17) is 5.73 Å². The number of benzene rings is 1. The minimum atomic E-state index is -0.328. The monoisotopic (exact) mass is 288 g/mol. The van der Waals surface area contributed by atoms with Crippen LogP contribution in [0, 0.1) is 5.82 Å². The van der Waals surface area contributed by atoms with Crippen molar-refractivity contribution in [3.63, 3.8) is 0 Å². The van der Waals surface area contributed by atoms with Gasteiger partial charge in [0.05, 0.1) is 12.1 Å². The molecule has 1 aromatic heterocycles. The third-order valence-electron chi connectivity index (χ3n) is 3.62. The normalized spacial score (nSPS) is 16.9. The fourth-order valence-electron chi connectivity index (χ4n) is 2.55. The average molecular weight is 288 g/mol. The third-order valence-corrected chi connectivity index (χ3v) is 3.62. The number of pyridine rings is 1. The number of nitrogens with two attached hydrogens (primary N) is 1. The maximum absolute atomic E-state index is 13.4. The lowest BCUT2D eigenvalue weighted by Gasteiger charge is -2.30. The Bertz CT molecular complexity index is 701. The zero-order valence-electron chi connectivity index (χ0n) is 11.8. The summed E-state index contributed by atoms with van der Waals surface area (Å²) in [6.07, 6.45) is 0. The van der Waals surface area contributed by atoms with Gasteiger partial charge in [0.2, 0.25) is 5.91 Å². The molecule has 1 fully saturated rings. The quantitative estimate of drug-likeness (QED) is 0.874. The molecule has 110 valence electrons. The summed E-state index contributed by atoms with van der Waals surface area (Å²) in [6.45, 7) is 3.35. The standard InChI is InChI=1S/C15H17FN4O/c1-9(17)12-6-10-2-3-11(16)7-13(10)19-15(12)20-5-4-18-14(21)8-20/h2-3,6-7,9H,4-5,8,17H2,1H3,(H,18,21)/t9-/m0/s1. The lowest BCUT2D eigenvalue weighted by atomic mass is 10.1. The Balaban J connectivity index is 2.13. The zero-order valence-corrected chi connectivity index (χ0v) is 11.8. The molecule has 1 atom stereocenters. The van der Waals surface area contributed by atoms with E-state index in [2.05, 4.69) is 10.3 Å². The Hall–Kier alpha value is -2.21. The molecule has 3 N–H and O–H groups in total. The number of amides is 1. The summed E-state index contributed by atoms with van der Waals surface area (Å²) >= 11 is 0. The highest BCUT2D eigenvalue weighted by molar-refractivity contribution is 5.85. The Morgan fingerprint density at radius 1 is 1.43 bits per heavy atom. The van der Waals surface area contributed by atoms with Gasteiger partial charge in [-0.1, -0.05) is 0 Å². The van der Waals surface area contributed by atoms with Crippen molar-refractivity contribution >= 4 is 22.6 Å². The number of rotatable bonds is 2. The fourth-order valence-corrected chi connectivity index (χ4v) is 2.55.